The summed E-state index contributed by atoms with van der Waals surface area (Å²) >= 11 is 0. The smallest absolute Gasteiger partial charge is 0.329 e. The first-order valence-corrected chi connectivity index (χ1v) is 20.5. The highest BCUT2D eigenvalue weighted by molar-refractivity contribution is 5.89. The van der Waals surface area contributed by atoms with Gasteiger partial charge in [-0.25, -0.2) is 4.79 Å². The summed E-state index contributed by atoms with van der Waals surface area (Å²) in [5.74, 6) is 2.37. The standard InChI is InChI=1S/C47H61NO10/c1-7-25-55-27-28-57-43-32-36(31-42(53-5)45(43)54-6)44(34-15-10-9-11-16-34)46(49)48-24-13-12-19-38(48)47(50)58-39(35-17-14-18-37(30-35)56-26-8-2)22-20-33-21-23-40(51-3)41(29-33)52-4/h7-8,14,17-18,21,23,29-32,34,38-39,44H,1-2,9-13,15-16,19-20,22,24-28H2,3-6H3/t38?,39?,44-/m0/s1. The zero-order valence-electron chi connectivity index (χ0n) is 34.7. The van der Waals surface area contributed by atoms with E-state index in [0.29, 0.717) is 80.1 Å². The molecule has 1 saturated carbocycles. The fraction of sp³-hybridized carbons (Fsp3) is 0.489. The maximum atomic E-state index is 15.2. The molecule has 2 aliphatic rings. The van der Waals surface area contributed by atoms with Crippen LogP contribution >= 0.6 is 0 Å². The topological polar surface area (TPSA) is 111 Å². The number of methoxy groups -OCH3 is 4. The molecule has 1 aliphatic carbocycles. The lowest BCUT2D eigenvalue weighted by atomic mass is 9.75. The van der Waals surface area contributed by atoms with E-state index in [4.69, 9.17) is 37.9 Å². The van der Waals surface area contributed by atoms with Gasteiger partial charge in [0, 0.05) is 6.54 Å². The number of hydrogen-bond donors (Lipinski definition) is 0. The molecule has 0 N–H and O–H groups in total. The van der Waals surface area contributed by atoms with Crippen LogP contribution in [0.15, 0.2) is 79.9 Å². The fourth-order valence-corrected chi connectivity index (χ4v) is 8.12. The van der Waals surface area contributed by atoms with Crippen LogP contribution in [0, 0.1) is 5.92 Å². The minimum Gasteiger partial charge on any atom is -0.493 e. The predicted octanol–water partition coefficient (Wildman–Crippen LogP) is 8.83. The van der Waals surface area contributed by atoms with Crippen LogP contribution in [0.4, 0.5) is 0 Å². The maximum absolute atomic E-state index is 15.2. The van der Waals surface area contributed by atoms with Crippen molar-refractivity contribution < 1.29 is 47.5 Å². The van der Waals surface area contributed by atoms with E-state index in [0.717, 1.165) is 61.6 Å². The Morgan fingerprint density at radius 2 is 1.48 bits per heavy atom. The lowest BCUT2D eigenvalue weighted by Gasteiger charge is -2.40. The molecule has 1 amide bonds. The van der Waals surface area contributed by atoms with Crippen molar-refractivity contribution in [2.75, 3.05) is 61.4 Å². The third-order valence-corrected chi connectivity index (χ3v) is 11.0. The van der Waals surface area contributed by atoms with Crippen molar-refractivity contribution in [2.24, 2.45) is 5.92 Å². The number of piperidine rings is 1. The van der Waals surface area contributed by atoms with Gasteiger partial charge in [-0.1, -0.05) is 56.2 Å². The monoisotopic (exact) mass is 799 g/mol. The highest BCUT2D eigenvalue weighted by atomic mass is 16.6. The van der Waals surface area contributed by atoms with E-state index in [1.807, 2.05) is 54.6 Å². The van der Waals surface area contributed by atoms with Crippen molar-refractivity contribution in [3.8, 4) is 34.5 Å². The zero-order valence-corrected chi connectivity index (χ0v) is 34.7. The molecule has 0 aromatic heterocycles. The van der Waals surface area contributed by atoms with Crippen molar-refractivity contribution in [1.82, 2.24) is 4.90 Å². The Hall–Kier alpha value is -5.16. The molecule has 3 aromatic carbocycles. The van der Waals surface area contributed by atoms with E-state index in [9.17, 15) is 4.79 Å². The molecule has 2 fully saturated rings. The molecule has 0 radical (unpaired) electrons. The number of aryl methyl sites for hydroxylation is 1. The van der Waals surface area contributed by atoms with Gasteiger partial charge in [-0.15, -0.1) is 6.58 Å². The SMILES string of the molecule is C=CCOCCOc1cc([C@@H](C(=O)N2CCCCC2C(=O)OC(CCc2ccc(OC)c(OC)c2)c2cccc(OCC=C)c2)C2CCCCC2)cc(OC)c1OC. The summed E-state index contributed by atoms with van der Waals surface area (Å²) < 4.78 is 46.6. The molecule has 11 nitrogen and oxygen atoms in total. The largest absolute Gasteiger partial charge is 0.493 e. The number of benzene rings is 3. The van der Waals surface area contributed by atoms with Crippen LogP contribution in [-0.4, -0.2) is 84.2 Å². The van der Waals surface area contributed by atoms with Crippen molar-refractivity contribution >= 4 is 11.9 Å². The van der Waals surface area contributed by atoms with Gasteiger partial charge in [0.2, 0.25) is 11.7 Å². The van der Waals surface area contributed by atoms with Crippen molar-refractivity contribution in [3.05, 3.63) is 96.6 Å². The van der Waals surface area contributed by atoms with Crippen LogP contribution in [0.25, 0.3) is 0 Å². The normalized spacial score (nSPS) is 16.7. The van der Waals surface area contributed by atoms with Crippen LogP contribution in [0.1, 0.15) is 86.5 Å². The summed E-state index contributed by atoms with van der Waals surface area (Å²) in [6.07, 6.45) is 11.0. The summed E-state index contributed by atoms with van der Waals surface area (Å²) in [5.41, 5.74) is 2.58. The van der Waals surface area contributed by atoms with Crippen LogP contribution in [-0.2, 0) is 25.5 Å². The van der Waals surface area contributed by atoms with Gasteiger partial charge in [-0.2, -0.15) is 0 Å². The number of esters is 1. The van der Waals surface area contributed by atoms with Gasteiger partial charge >= 0.3 is 5.97 Å². The second kappa shape index (κ2) is 22.7. The molecule has 314 valence electrons. The van der Waals surface area contributed by atoms with E-state index in [2.05, 4.69) is 13.2 Å². The van der Waals surface area contributed by atoms with Crippen molar-refractivity contribution in [3.63, 3.8) is 0 Å². The molecular formula is C47H61NO10. The lowest BCUT2D eigenvalue weighted by Crippen LogP contribution is -2.51. The summed E-state index contributed by atoms with van der Waals surface area (Å²) in [6, 6.07) is 16.5. The first-order valence-electron chi connectivity index (χ1n) is 20.5. The number of ether oxygens (including phenoxy) is 8. The van der Waals surface area contributed by atoms with Gasteiger partial charge in [-0.05, 0) is 104 Å². The average molecular weight is 800 g/mol. The Morgan fingerprint density at radius 1 is 0.741 bits per heavy atom. The molecule has 1 saturated heterocycles. The minimum atomic E-state index is -0.742. The molecule has 1 heterocycles. The number of carbonyl (C=O) groups is 2. The average Bonchev–Trinajstić information content (AvgIpc) is 3.27. The Balaban J connectivity index is 1.45. The van der Waals surface area contributed by atoms with E-state index >= 15 is 4.79 Å². The van der Waals surface area contributed by atoms with Gasteiger partial charge in [0.15, 0.2) is 23.0 Å². The third kappa shape index (κ3) is 11.5. The minimum absolute atomic E-state index is 0.0780. The van der Waals surface area contributed by atoms with E-state index in [1.165, 1.54) is 0 Å². The second-order valence-corrected chi connectivity index (χ2v) is 14.7. The lowest BCUT2D eigenvalue weighted by molar-refractivity contribution is -0.163. The first kappa shape index (κ1) is 44.0. The van der Waals surface area contributed by atoms with E-state index in [-0.39, 0.29) is 18.4 Å². The molecule has 0 bridgehead atoms. The molecule has 3 aromatic rings. The Labute approximate surface area is 344 Å². The van der Waals surface area contributed by atoms with Gasteiger partial charge in [-0.3, -0.25) is 4.79 Å². The zero-order chi connectivity index (χ0) is 41.3. The molecule has 3 atom stereocenters. The van der Waals surface area contributed by atoms with Gasteiger partial charge < -0.3 is 42.8 Å². The third-order valence-electron chi connectivity index (χ3n) is 11.0. The van der Waals surface area contributed by atoms with Crippen LogP contribution in [0.2, 0.25) is 0 Å². The maximum Gasteiger partial charge on any atom is 0.329 e. The fourth-order valence-electron chi connectivity index (χ4n) is 8.12. The molecular weight excluding hydrogens is 739 g/mol. The van der Waals surface area contributed by atoms with E-state index < -0.39 is 24.0 Å². The first-order chi connectivity index (χ1) is 28.3. The summed E-state index contributed by atoms with van der Waals surface area (Å²) in [5, 5.41) is 0. The summed E-state index contributed by atoms with van der Waals surface area (Å²) in [7, 11) is 6.36. The van der Waals surface area contributed by atoms with Gasteiger partial charge in [0.25, 0.3) is 0 Å². The van der Waals surface area contributed by atoms with Crippen LogP contribution < -0.4 is 28.4 Å². The Kier molecular flexibility index (Phi) is 17.2. The van der Waals surface area contributed by atoms with Crippen molar-refractivity contribution in [2.45, 2.75) is 82.3 Å². The second-order valence-electron chi connectivity index (χ2n) is 14.7. The Bertz CT molecular complexity index is 1800. The highest BCUT2D eigenvalue weighted by Crippen LogP contribution is 2.45. The molecule has 5 rings (SSSR count). The van der Waals surface area contributed by atoms with Crippen LogP contribution in [0.3, 0.4) is 0 Å². The van der Waals surface area contributed by atoms with Gasteiger partial charge in [0.05, 0.1) is 47.6 Å². The number of rotatable bonds is 22. The van der Waals surface area contributed by atoms with Crippen molar-refractivity contribution in [1.29, 1.82) is 0 Å². The number of amides is 1. The summed E-state index contributed by atoms with van der Waals surface area (Å²) in [4.78, 5) is 31.5. The predicted molar refractivity (Wildman–Crippen MR) is 224 cm³/mol. The number of nitrogens with zero attached hydrogens (tertiary/aromatic N) is 1. The number of likely N-dealkylation sites (tertiary alicyclic amines) is 1. The van der Waals surface area contributed by atoms with Gasteiger partial charge in [0.1, 0.15) is 31.1 Å². The molecule has 2 unspecified atom stereocenters. The van der Waals surface area contributed by atoms with E-state index in [1.54, 1.807) is 45.5 Å². The molecule has 58 heavy (non-hydrogen) atoms. The summed E-state index contributed by atoms with van der Waals surface area (Å²) in [6.45, 7) is 9.31. The molecule has 1 aliphatic heterocycles. The Morgan fingerprint density at radius 3 is 2.21 bits per heavy atom. The molecule has 11 heteroatoms. The number of carbonyl (C=O) groups excluding carboxylic acids is 2. The highest BCUT2D eigenvalue weighted by Gasteiger charge is 2.41. The number of hydrogen-bond acceptors (Lipinski definition) is 10. The molecule has 0 spiro atoms. The van der Waals surface area contributed by atoms with Crippen LogP contribution in [0.5, 0.6) is 34.5 Å². The quantitative estimate of drug-likeness (QED) is 0.0556.